The molecule has 2 N–H and O–H groups in total. The third-order valence-electron chi connectivity index (χ3n) is 4.16. The van der Waals surface area contributed by atoms with Gasteiger partial charge in [-0.1, -0.05) is 49.6 Å². The summed E-state index contributed by atoms with van der Waals surface area (Å²) in [6, 6.07) is 10.6. The van der Waals surface area contributed by atoms with Crippen LogP contribution in [-0.2, 0) is 6.42 Å². The lowest BCUT2D eigenvalue weighted by Crippen LogP contribution is -2.48. The second kappa shape index (κ2) is 6.91. The molecule has 0 heterocycles. The molecule has 1 aromatic rings. The second-order valence-electron chi connectivity index (χ2n) is 5.48. The molecule has 2 nitrogen and oxygen atoms in total. The van der Waals surface area contributed by atoms with Crippen molar-refractivity contribution in [1.29, 1.82) is 0 Å². The van der Waals surface area contributed by atoms with Gasteiger partial charge in [-0.3, -0.25) is 0 Å². The van der Waals surface area contributed by atoms with Crippen molar-refractivity contribution in [2.24, 2.45) is 0 Å². The first-order valence-corrected chi connectivity index (χ1v) is 7.24. The highest BCUT2D eigenvalue weighted by molar-refractivity contribution is 5.15. The molecule has 0 saturated heterocycles. The van der Waals surface area contributed by atoms with Gasteiger partial charge >= 0.3 is 0 Å². The van der Waals surface area contributed by atoms with E-state index in [0.29, 0.717) is 6.61 Å². The summed E-state index contributed by atoms with van der Waals surface area (Å²) in [6.07, 6.45) is 8.39. The average molecular weight is 247 g/mol. The molecule has 0 spiro atoms. The highest BCUT2D eigenvalue weighted by Gasteiger charge is 2.30. The Bertz CT molecular complexity index is 325. The Morgan fingerprint density at radius 1 is 1.06 bits per heavy atom. The molecule has 1 aromatic carbocycles. The van der Waals surface area contributed by atoms with Crippen molar-refractivity contribution in [2.75, 3.05) is 13.2 Å². The predicted molar refractivity (Wildman–Crippen MR) is 75.7 cm³/mol. The third-order valence-corrected chi connectivity index (χ3v) is 4.16. The van der Waals surface area contributed by atoms with Gasteiger partial charge < -0.3 is 10.4 Å². The van der Waals surface area contributed by atoms with E-state index >= 15 is 0 Å². The molecule has 0 atom stereocenters. The van der Waals surface area contributed by atoms with E-state index < -0.39 is 0 Å². The zero-order valence-electron chi connectivity index (χ0n) is 11.2. The van der Waals surface area contributed by atoms with Crippen LogP contribution in [0.3, 0.4) is 0 Å². The monoisotopic (exact) mass is 247 g/mol. The van der Waals surface area contributed by atoms with Gasteiger partial charge in [-0.2, -0.15) is 0 Å². The van der Waals surface area contributed by atoms with Crippen LogP contribution in [0.5, 0.6) is 0 Å². The number of nitrogens with one attached hydrogen (secondary N) is 1. The molecule has 1 saturated carbocycles. The standard InChI is InChI=1S/C16H25NO/c18-14-12-16(10-5-2-6-11-16)17-13-9-15-7-3-1-4-8-15/h1,3-4,7-8,17-18H,2,5-6,9-14H2. The molecular formula is C16H25NO. The van der Waals surface area contributed by atoms with Gasteiger partial charge in [0.2, 0.25) is 0 Å². The highest BCUT2D eigenvalue weighted by atomic mass is 16.3. The molecule has 18 heavy (non-hydrogen) atoms. The topological polar surface area (TPSA) is 32.3 Å². The lowest BCUT2D eigenvalue weighted by molar-refractivity contribution is 0.166. The second-order valence-corrected chi connectivity index (χ2v) is 5.48. The lowest BCUT2D eigenvalue weighted by Gasteiger charge is -2.38. The summed E-state index contributed by atoms with van der Waals surface area (Å²) in [7, 11) is 0. The van der Waals surface area contributed by atoms with Gasteiger partial charge in [-0.05, 0) is 37.8 Å². The predicted octanol–water partition coefficient (Wildman–Crippen LogP) is 2.90. The first-order valence-electron chi connectivity index (χ1n) is 7.24. The highest BCUT2D eigenvalue weighted by Crippen LogP contribution is 2.30. The van der Waals surface area contributed by atoms with E-state index in [-0.39, 0.29) is 5.54 Å². The van der Waals surface area contributed by atoms with E-state index in [1.54, 1.807) is 0 Å². The van der Waals surface area contributed by atoms with Gasteiger partial charge in [0.05, 0.1) is 0 Å². The van der Waals surface area contributed by atoms with Crippen LogP contribution in [0.4, 0.5) is 0 Å². The van der Waals surface area contributed by atoms with E-state index in [1.807, 2.05) is 0 Å². The maximum atomic E-state index is 9.26. The first-order chi connectivity index (χ1) is 8.85. The molecule has 2 rings (SSSR count). The number of benzene rings is 1. The summed E-state index contributed by atoms with van der Waals surface area (Å²) in [6.45, 7) is 1.32. The molecule has 1 fully saturated rings. The van der Waals surface area contributed by atoms with E-state index in [2.05, 4.69) is 35.6 Å². The fourth-order valence-corrected chi connectivity index (χ4v) is 3.07. The maximum absolute atomic E-state index is 9.26. The molecule has 0 amide bonds. The SMILES string of the molecule is OCCC1(NCCc2ccccc2)CCCCC1. The summed E-state index contributed by atoms with van der Waals surface area (Å²) >= 11 is 0. The van der Waals surface area contributed by atoms with Crippen molar-refractivity contribution < 1.29 is 5.11 Å². The Labute approximate surface area is 110 Å². The summed E-state index contributed by atoms with van der Waals surface area (Å²) in [5.74, 6) is 0. The molecule has 0 radical (unpaired) electrons. The molecule has 0 unspecified atom stereocenters. The van der Waals surface area contributed by atoms with Crippen LogP contribution in [0.25, 0.3) is 0 Å². The van der Waals surface area contributed by atoms with Crippen LogP contribution in [0.2, 0.25) is 0 Å². The minimum atomic E-state index is 0.210. The molecule has 0 aliphatic heterocycles. The normalized spacial score (nSPS) is 18.7. The molecule has 1 aliphatic rings. The fourth-order valence-electron chi connectivity index (χ4n) is 3.07. The van der Waals surface area contributed by atoms with Crippen molar-refractivity contribution in [3.63, 3.8) is 0 Å². The quantitative estimate of drug-likeness (QED) is 0.810. The smallest absolute Gasteiger partial charge is 0.0448 e. The molecule has 2 heteroatoms. The summed E-state index contributed by atoms with van der Waals surface area (Å²) in [5, 5.41) is 13.0. The van der Waals surface area contributed by atoms with Gasteiger partial charge in [0.1, 0.15) is 0 Å². The number of hydrogen-bond donors (Lipinski definition) is 2. The molecule has 100 valence electrons. The van der Waals surface area contributed by atoms with Crippen molar-refractivity contribution in [1.82, 2.24) is 5.32 Å². The van der Waals surface area contributed by atoms with E-state index in [1.165, 1.54) is 37.7 Å². The largest absolute Gasteiger partial charge is 0.396 e. The third kappa shape index (κ3) is 3.82. The Morgan fingerprint density at radius 2 is 1.78 bits per heavy atom. The summed E-state index contributed by atoms with van der Waals surface area (Å²) < 4.78 is 0. The number of aliphatic hydroxyl groups excluding tert-OH is 1. The Hall–Kier alpha value is -0.860. The van der Waals surface area contributed by atoms with Gasteiger partial charge in [0.15, 0.2) is 0 Å². The zero-order valence-corrected chi connectivity index (χ0v) is 11.2. The Kier molecular flexibility index (Phi) is 5.21. The molecule has 1 aliphatic carbocycles. The summed E-state index contributed by atoms with van der Waals surface area (Å²) in [4.78, 5) is 0. The molecular weight excluding hydrogens is 222 g/mol. The van der Waals surface area contributed by atoms with Crippen molar-refractivity contribution >= 4 is 0 Å². The van der Waals surface area contributed by atoms with E-state index in [9.17, 15) is 5.11 Å². The number of aliphatic hydroxyl groups is 1. The molecule has 0 bridgehead atoms. The summed E-state index contributed by atoms with van der Waals surface area (Å²) in [5.41, 5.74) is 1.60. The van der Waals surface area contributed by atoms with Crippen molar-refractivity contribution in [2.45, 2.75) is 50.5 Å². The minimum absolute atomic E-state index is 0.210. The fraction of sp³-hybridized carbons (Fsp3) is 0.625. The van der Waals surface area contributed by atoms with Crippen LogP contribution < -0.4 is 5.32 Å². The first kappa shape index (κ1) is 13.6. The molecule has 0 aromatic heterocycles. The van der Waals surface area contributed by atoms with E-state index in [0.717, 1.165) is 19.4 Å². The Morgan fingerprint density at radius 3 is 2.44 bits per heavy atom. The van der Waals surface area contributed by atoms with Crippen LogP contribution in [0.15, 0.2) is 30.3 Å². The van der Waals surface area contributed by atoms with Crippen molar-refractivity contribution in [3.05, 3.63) is 35.9 Å². The maximum Gasteiger partial charge on any atom is 0.0448 e. The number of hydrogen-bond acceptors (Lipinski definition) is 2. The van der Waals surface area contributed by atoms with Crippen molar-refractivity contribution in [3.8, 4) is 0 Å². The van der Waals surface area contributed by atoms with Gasteiger partial charge in [-0.25, -0.2) is 0 Å². The van der Waals surface area contributed by atoms with Gasteiger partial charge in [-0.15, -0.1) is 0 Å². The van der Waals surface area contributed by atoms with Crippen LogP contribution in [0.1, 0.15) is 44.1 Å². The van der Waals surface area contributed by atoms with Crippen LogP contribution in [-0.4, -0.2) is 23.8 Å². The zero-order chi connectivity index (χ0) is 12.7. The average Bonchev–Trinajstić information content (AvgIpc) is 2.41. The Balaban J connectivity index is 1.82. The lowest BCUT2D eigenvalue weighted by atomic mass is 9.79. The minimum Gasteiger partial charge on any atom is -0.396 e. The van der Waals surface area contributed by atoms with E-state index in [4.69, 9.17) is 0 Å². The van der Waals surface area contributed by atoms with Crippen LogP contribution in [0, 0.1) is 0 Å². The van der Waals surface area contributed by atoms with Gasteiger partial charge in [0.25, 0.3) is 0 Å². The number of rotatable bonds is 6. The van der Waals surface area contributed by atoms with Crippen LogP contribution >= 0.6 is 0 Å². The van der Waals surface area contributed by atoms with Gasteiger partial charge in [0, 0.05) is 12.1 Å².